The van der Waals surface area contributed by atoms with Crippen LogP contribution in [0.4, 0.5) is 0 Å². The molecule has 0 atom stereocenters. The fraction of sp³-hybridized carbons (Fsp3) is 0.300. The third kappa shape index (κ3) is 3.27. The number of amides is 1. The average Bonchev–Trinajstić information content (AvgIpc) is 2.26. The van der Waals surface area contributed by atoms with Gasteiger partial charge in [0.1, 0.15) is 6.07 Å². The SMILES string of the molecule is CN(C)C(=O)COc1ccc(C#N)cn1. The standard InChI is InChI=1S/C10H11N3O2/c1-13(2)10(14)7-15-9-4-3-8(5-11)6-12-9/h3-4,6H,7H2,1-2H3. The maximum absolute atomic E-state index is 11.2. The maximum atomic E-state index is 11.2. The van der Waals surface area contributed by atoms with Crippen LogP contribution in [-0.2, 0) is 4.79 Å². The van der Waals surface area contributed by atoms with E-state index in [1.54, 1.807) is 26.2 Å². The molecule has 0 bridgehead atoms. The number of ether oxygens (including phenoxy) is 1. The topological polar surface area (TPSA) is 66.2 Å². The molecule has 0 aliphatic carbocycles. The summed E-state index contributed by atoms with van der Waals surface area (Å²) in [6.45, 7) is -0.0497. The summed E-state index contributed by atoms with van der Waals surface area (Å²) in [5.41, 5.74) is 0.460. The summed E-state index contributed by atoms with van der Waals surface area (Å²) in [6.07, 6.45) is 1.40. The first-order chi connectivity index (χ1) is 7.13. The molecule has 15 heavy (non-hydrogen) atoms. The lowest BCUT2D eigenvalue weighted by Crippen LogP contribution is -2.27. The Bertz CT molecular complexity index is 379. The van der Waals surface area contributed by atoms with Crippen molar-refractivity contribution in [3.05, 3.63) is 23.9 Å². The Labute approximate surface area is 87.9 Å². The first kappa shape index (κ1) is 11.0. The molecule has 0 saturated heterocycles. The minimum atomic E-state index is -0.138. The number of pyridine rings is 1. The van der Waals surface area contributed by atoms with Gasteiger partial charge >= 0.3 is 0 Å². The van der Waals surface area contributed by atoms with E-state index in [2.05, 4.69) is 4.98 Å². The zero-order chi connectivity index (χ0) is 11.3. The molecule has 5 nitrogen and oxygen atoms in total. The second kappa shape index (κ2) is 4.96. The van der Waals surface area contributed by atoms with Gasteiger partial charge in [0, 0.05) is 26.4 Å². The van der Waals surface area contributed by atoms with Crippen molar-refractivity contribution in [1.29, 1.82) is 5.26 Å². The number of nitrogens with zero attached hydrogens (tertiary/aromatic N) is 3. The summed E-state index contributed by atoms with van der Waals surface area (Å²) in [5.74, 6) is 0.199. The number of rotatable bonds is 3. The van der Waals surface area contributed by atoms with Crippen molar-refractivity contribution in [2.45, 2.75) is 0 Å². The largest absolute Gasteiger partial charge is 0.468 e. The first-order valence-electron chi connectivity index (χ1n) is 4.32. The Morgan fingerprint density at radius 3 is 2.80 bits per heavy atom. The van der Waals surface area contributed by atoms with Gasteiger partial charge in [-0.2, -0.15) is 5.26 Å². The lowest BCUT2D eigenvalue weighted by molar-refractivity contribution is -0.130. The lowest BCUT2D eigenvalue weighted by atomic mass is 10.3. The molecule has 1 heterocycles. The Balaban J connectivity index is 2.52. The van der Waals surface area contributed by atoms with E-state index in [0.29, 0.717) is 11.4 Å². The Kier molecular flexibility index (Phi) is 3.63. The fourth-order valence-corrected chi connectivity index (χ4v) is 0.797. The Morgan fingerprint density at radius 2 is 2.33 bits per heavy atom. The number of hydrogen-bond donors (Lipinski definition) is 0. The van der Waals surface area contributed by atoms with Crippen LogP contribution in [-0.4, -0.2) is 36.5 Å². The van der Waals surface area contributed by atoms with Crippen molar-refractivity contribution in [2.24, 2.45) is 0 Å². The predicted molar refractivity (Wildman–Crippen MR) is 53.1 cm³/mol. The Morgan fingerprint density at radius 1 is 1.60 bits per heavy atom. The molecule has 1 aromatic heterocycles. The van der Waals surface area contributed by atoms with Crippen molar-refractivity contribution in [2.75, 3.05) is 20.7 Å². The molecule has 0 aromatic carbocycles. The number of likely N-dealkylation sites (N-methyl/N-ethyl adjacent to an activating group) is 1. The molecule has 0 spiro atoms. The molecule has 0 aliphatic rings. The van der Waals surface area contributed by atoms with Gasteiger partial charge in [0.25, 0.3) is 5.91 Å². The fourth-order valence-electron chi connectivity index (χ4n) is 0.797. The van der Waals surface area contributed by atoms with E-state index in [4.69, 9.17) is 10.00 Å². The molecule has 1 amide bonds. The number of aromatic nitrogens is 1. The zero-order valence-corrected chi connectivity index (χ0v) is 8.60. The molecule has 0 aliphatic heterocycles. The van der Waals surface area contributed by atoms with Gasteiger partial charge in [0.2, 0.25) is 5.88 Å². The van der Waals surface area contributed by atoms with E-state index in [1.165, 1.54) is 11.1 Å². The van der Waals surface area contributed by atoms with Crippen LogP contribution in [0.15, 0.2) is 18.3 Å². The first-order valence-corrected chi connectivity index (χ1v) is 4.32. The van der Waals surface area contributed by atoms with E-state index < -0.39 is 0 Å². The van der Waals surface area contributed by atoms with Crippen LogP contribution in [0.5, 0.6) is 5.88 Å². The maximum Gasteiger partial charge on any atom is 0.260 e. The summed E-state index contributed by atoms with van der Waals surface area (Å²) < 4.78 is 5.12. The molecule has 0 N–H and O–H groups in total. The second-order valence-electron chi connectivity index (χ2n) is 3.07. The monoisotopic (exact) mass is 205 g/mol. The summed E-state index contributed by atoms with van der Waals surface area (Å²) in [6, 6.07) is 5.09. The van der Waals surface area contributed by atoms with Crippen LogP contribution in [0.25, 0.3) is 0 Å². The predicted octanol–water partition coefficient (Wildman–Crippen LogP) is 0.420. The van der Waals surface area contributed by atoms with Crippen molar-refractivity contribution in [1.82, 2.24) is 9.88 Å². The number of nitriles is 1. The van der Waals surface area contributed by atoms with Gasteiger partial charge in [-0.15, -0.1) is 0 Å². The summed E-state index contributed by atoms with van der Waals surface area (Å²) in [7, 11) is 3.30. The molecule has 0 radical (unpaired) electrons. The second-order valence-corrected chi connectivity index (χ2v) is 3.07. The highest BCUT2D eigenvalue weighted by Gasteiger charge is 2.05. The molecule has 78 valence electrons. The van der Waals surface area contributed by atoms with Gasteiger partial charge in [0.15, 0.2) is 6.61 Å². The summed E-state index contributed by atoms with van der Waals surface area (Å²) in [4.78, 5) is 16.5. The third-order valence-corrected chi connectivity index (χ3v) is 1.71. The highest BCUT2D eigenvalue weighted by molar-refractivity contribution is 5.77. The van der Waals surface area contributed by atoms with Crippen molar-refractivity contribution in [3.63, 3.8) is 0 Å². The van der Waals surface area contributed by atoms with Gasteiger partial charge in [-0.1, -0.05) is 0 Å². The molecule has 5 heteroatoms. The summed E-state index contributed by atoms with van der Waals surface area (Å²) >= 11 is 0. The van der Waals surface area contributed by atoms with Crippen LogP contribution in [0.3, 0.4) is 0 Å². The zero-order valence-electron chi connectivity index (χ0n) is 8.60. The van der Waals surface area contributed by atoms with Crippen LogP contribution >= 0.6 is 0 Å². The van der Waals surface area contributed by atoms with Crippen molar-refractivity contribution >= 4 is 5.91 Å². The minimum Gasteiger partial charge on any atom is -0.468 e. The molecule has 0 unspecified atom stereocenters. The van der Waals surface area contributed by atoms with Crippen LogP contribution in [0.1, 0.15) is 5.56 Å². The third-order valence-electron chi connectivity index (χ3n) is 1.71. The van der Waals surface area contributed by atoms with E-state index in [9.17, 15) is 4.79 Å². The normalized spacial score (nSPS) is 9.13. The van der Waals surface area contributed by atoms with E-state index in [0.717, 1.165) is 0 Å². The molecule has 0 saturated carbocycles. The molecular formula is C10H11N3O2. The van der Waals surface area contributed by atoms with Crippen LogP contribution in [0, 0.1) is 11.3 Å². The van der Waals surface area contributed by atoms with Gasteiger partial charge in [0.05, 0.1) is 5.56 Å². The van der Waals surface area contributed by atoms with E-state index >= 15 is 0 Å². The van der Waals surface area contributed by atoms with Gasteiger partial charge < -0.3 is 9.64 Å². The number of hydrogen-bond acceptors (Lipinski definition) is 4. The van der Waals surface area contributed by atoms with Crippen LogP contribution < -0.4 is 4.74 Å². The average molecular weight is 205 g/mol. The van der Waals surface area contributed by atoms with Crippen molar-refractivity contribution < 1.29 is 9.53 Å². The number of carbonyl (C=O) groups is 1. The molecular weight excluding hydrogens is 194 g/mol. The Hall–Kier alpha value is -2.09. The van der Waals surface area contributed by atoms with Crippen LogP contribution in [0.2, 0.25) is 0 Å². The molecule has 1 aromatic rings. The summed E-state index contributed by atoms with van der Waals surface area (Å²) in [5, 5.41) is 8.53. The minimum absolute atomic E-state index is 0.0497. The highest BCUT2D eigenvalue weighted by atomic mass is 16.5. The lowest BCUT2D eigenvalue weighted by Gasteiger charge is -2.10. The van der Waals surface area contributed by atoms with E-state index in [-0.39, 0.29) is 12.5 Å². The molecule has 0 fully saturated rings. The molecule has 1 rings (SSSR count). The van der Waals surface area contributed by atoms with Gasteiger partial charge in [-0.3, -0.25) is 4.79 Å². The van der Waals surface area contributed by atoms with E-state index in [1.807, 2.05) is 6.07 Å². The number of carbonyl (C=O) groups excluding carboxylic acids is 1. The van der Waals surface area contributed by atoms with Gasteiger partial charge in [-0.05, 0) is 6.07 Å². The highest BCUT2D eigenvalue weighted by Crippen LogP contribution is 2.06. The quantitative estimate of drug-likeness (QED) is 0.717. The van der Waals surface area contributed by atoms with Crippen molar-refractivity contribution in [3.8, 4) is 11.9 Å². The van der Waals surface area contributed by atoms with Gasteiger partial charge in [-0.25, -0.2) is 4.98 Å². The smallest absolute Gasteiger partial charge is 0.260 e.